The van der Waals surface area contributed by atoms with Crippen LogP contribution in [0.4, 0.5) is 0 Å². The van der Waals surface area contributed by atoms with Crippen LogP contribution in [0.2, 0.25) is 0 Å². The third-order valence-corrected chi connectivity index (χ3v) is 1.71. The van der Waals surface area contributed by atoms with Crippen molar-refractivity contribution in [1.29, 1.82) is 0 Å². The van der Waals surface area contributed by atoms with Crippen molar-refractivity contribution in [2.75, 3.05) is 26.9 Å². The molecule has 0 aliphatic rings. The molecule has 0 aliphatic heterocycles. The molecule has 12 heavy (non-hydrogen) atoms. The minimum absolute atomic E-state index is 0.104. The Morgan fingerprint density at radius 2 is 1.83 bits per heavy atom. The maximum Gasteiger partial charge on any atom is 0.0821 e. The molecule has 74 valence electrons. The highest BCUT2D eigenvalue weighted by Gasteiger charge is 2.21. The first kappa shape index (κ1) is 11.9. The van der Waals surface area contributed by atoms with E-state index in [2.05, 4.69) is 0 Å². The van der Waals surface area contributed by atoms with Gasteiger partial charge in [0.1, 0.15) is 0 Å². The fourth-order valence-electron chi connectivity index (χ4n) is 0.587. The van der Waals surface area contributed by atoms with Crippen molar-refractivity contribution in [3.05, 3.63) is 0 Å². The van der Waals surface area contributed by atoms with Crippen LogP contribution in [0.3, 0.4) is 0 Å². The van der Waals surface area contributed by atoms with Crippen LogP contribution in [-0.4, -0.2) is 38.1 Å². The minimum Gasteiger partial charge on any atom is -0.390 e. The zero-order valence-corrected chi connectivity index (χ0v) is 8.46. The van der Waals surface area contributed by atoms with E-state index in [1.165, 1.54) is 0 Å². The molecule has 0 aliphatic carbocycles. The van der Waals surface area contributed by atoms with Crippen molar-refractivity contribution in [3.63, 3.8) is 0 Å². The third kappa shape index (κ3) is 5.52. The number of hydrogen-bond donors (Lipinski definition) is 1. The molecule has 0 unspecified atom stereocenters. The van der Waals surface area contributed by atoms with Crippen LogP contribution < -0.4 is 0 Å². The zero-order chi connectivity index (χ0) is 9.61. The van der Waals surface area contributed by atoms with E-state index in [0.717, 1.165) is 0 Å². The van der Waals surface area contributed by atoms with Gasteiger partial charge in [0, 0.05) is 7.11 Å². The van der Waals surface area contributed by atoms with Crippen LogP contribution in [0, 0.1) is 5.41 Å². The molecular weight excluding hydrogens is 156 g/mol. The van der Waals surface area contributed by atoms with Crippen molar-refractivity contribution in [3.8, 4) is 0 Å². The van der Waals surface area contributed by atoms with Crippen molar-refractivity contribution in [2.24, 2.45) is 5.41 Å². The summed E-state index contributed by atoms with van der Waals surface area (Å²) >= 11 is 0. The van der Waals surface area contributed by atoms with Crippen LogP contribution >= 0.6 is 0 Å². The molecule has 3 heteroatoms. The SMILES string of the molecule is COCCOC[C@@H](O)C(C)(C)C. The molecule has 0 aromatic carbocycles. The Hall–Kier alpha value is -0.120. The van der Waals surface area contributed by atoms with Crippen molar-refractivity contribution in [1.82, 2.24) is 0 Å². The lowest BCUT2D eigenvalue weighted by Gasteiger charge is -2.25. The monoisotopic (exact) mass is 176 g/mol. The quantitative estimate of drug-likeness (QED) is 0.636. The summed E-state index contributed by atoms with van der Waals surface area (Å²) in [6.45, 7) is 7.46. The highest BCUT2D eigenvalue weighted by Crippen LogP contribution is 2.18. The van der Waals surface area contributed by atoms with Gasteiger partial charge >= 0.3 is 0 Å². The van der Waals surface area contributed by atoms with E-state index in [0.29, 0.717) is 19.8 Å². The first-order valence-corrected chi connectivity index (χ1v) is 4.23. The molecule has 0 rings (SSSR count). The standard InChI is InChI=1S/C9H20O3/c1-9(2,3)8(10)7-12-6-5-11-4/h8,10H,5-7H2,1-4H3/t8-/m1/s1. The molecule has 1 N–H and O–H groups in total. The second-order valence-corrected chi connectivity index (χ2v) is 3.95. The predicted octanol–water partition coefficient (Wildman–Crippen LogP) is 1.06. The van der Waals surface area contributed by atoms with E-state index in [1.54, 1.807) is 7.11 Å². The van der Waals surface area contributed by atoms with Gasteiger partial charge in [-0.2, -0.15) is 0 Å². The maximum absolute atomic E-state index is 9.52. The number of rotatable bonds is 5. The van der Waals surface area contributed by atoms with E-state index in [-0.39, 0.29) is 5.41 Å². The maximum atomic E-state index is 9.52. The van der Waals surface area contributed by atoms with Gasteiger partial charge in [-0.3, -0.25) is 0 Å². The van der Waals surface area contributed by atoms with Crippen LogP contribution in [0.1, 0.15) is 20.8 Å². The highest BCUT2D eigenvalue weighted by molar-refractivity contribution is 4.71. The number of hydrogen-bond acceptors (Lipinski definition) is 3. The topological polar surface area (TPSA) is 38.7 Å². The summed E-state index contributed by atoms with van der Waals surface area (Å²) < 4.78 is 9.99. The van der Waals surface area contributed by atoms with Gasteiger partial charge in [-0.05, 0) is 5.41 Å². The van der Waals surface area contributed by atoms with E-state index in [4.69, 9.17) is 9.47 Å². The Bertz CT molecular complexity index is 107. The molecule has 0 spiro atoms. The molecule has 0 aromatic rings. The molecule has 3 nitrogen and oxygen atoms in total. The Labute approximate surface area is 74.7 Å². The predicted molar refractivity (Wildman–Crippen MR) is 48.2 cm³/mol. The second-order valence-electron chi connectivity index (χ2n) is 3.95. The largest absolute Gasteiger partial charge is 0.390 e. The zero-order valence-electron chi connectivity index (χ0n) is 8.46. The van der Waals surface area contributed by atoms with Crippen LogP contribution in [0.15, 0.2) is 0 Å². The molecule has 0 aromatic heterocycles. The van der Waals surface area contributed by atoms with Gasteiger partial charge in [0.25, 0.3) is 0 Å². The van der Waals surface area contributed by atoms with E-state index in [1.807, 2.05) is 20.8 Å². The van der Waals surface area contributed by atoms with Crippen LogP contribution in [0.5, 0.6) is 0 Å². The van der Waals surface area contributed by atoms with E-state index >= 15 is 0 Å². The van der Waals surface area contributed by atoms with E-state index in [9.17, 15) is 5.11 Å². The minimum atomic E-state index is -0.408. The second kappa shape index (κ2) is 5.51. The summed E-state index contributed by atoms with van der Waals surface area (Å²) in [5.41, 5.74) is -0.104. The average molecular weight is 176 g/mol. The molecule has 0 saturated heterocycles. The van der Waals surface area contributed by atoms with Gasteiger partial charge in [-0.1, -0.05) is 20.8 Å². The molecule has 0 heterocycles. The first-order valence-electron chi connectivity index (χ1n) is 4.23. The summed E-state index contributed by atoms with van der Waals surface area (Å²) in [5, 5.41) is 9.52. The van der Waals surface area contributed by atoms with Gasteiger partial charge < -0.3 is 14.6 Å². The number of aliphatic hydroxyl groups excluding tert-OH is 1. The summed E-state index contributed by atoms with van der Waals surface area (Å²) in [7, 11) is 1.63. The normalized spacial score (nSPS) is 14.8. The van der Waals surface area contributed by atoms with Gasteiger partial charge in [0.05, 0.1) is 25.9 Å². The molecule has 1 atom stereocenters. The third-order valence-electron chi connectivity index (χ3n) is 1.71. The lowest BCUT2D eigenvalue weighted by Crippen LogP contribution is -2.31. The molecule has 0 amide bonds. The Morgan fingerprint density at radius 3 is 2.25 bits per heavy atom. The number of methoxy groups -OCH3 is 1. The smallest absolute Gasteiger partial charge is 0.0821 e. The van der Waals surface area contributed by atoms with Gasteiger partial charge in [0.15, 0.2) is 0 Å². The summed E-state index contributed by atoms with van der Waals surface area (Å²) in [5.74, 6) is 0. The van der Waals surface area contributed by atoms with Crippen molar-refractivity contribution in [2.45, 2.75) is 26.9 Å². The fraction of sp³-hybridized carbons (Fsp3) is 1.00. The highest BCUT2D eigenvalue weighted by atomic mass is 16.5. The lowest BCUT2D eigenvalue weighted by molar-refractivity contribution is -0.0314. The average Bonchev–Trinajstić information content (AvgIpc) is 1.96. The number of ether oxygens (including phenoxy) is 2. The van der Waals surface area contributed by atoms with Gasteiger partial charge in [-0.25, -0.2) is 0 Å². The van der Waals surface area contributed by atoms with Crippen LogP contribution in [0.25, 0.3) is 0 Å². The fourth-order valence-corrected chi connectivity index (χ4v) is 0.587. The molecule has 0 radical (unpaired) electrons. The van der Waals surface area contributed by atoms with Crippen molar-refractivity contribution < 1.29 is 14.6 Å². The first-order chi connectivity index (χ1) is 5.48. The van der Waals surface area contributed by atoms with Gasteiger partial charge in [0.2, 0.25) is 0 Å². The molecule has 0 bridgehead atoms. The summed E-state index contributed by atoms with van der Waals surface area (Å²) in [6, 6.07) is 0. The molecule has 0 saturated carbocycles. The van der Waals surface area contributed by atoms with Crippen molar-refractivity contribution >= 4 is 0 Å². The van der Waals surface area contributed by atoms with Gasteiger partial charge in [-0.15, -0.1) is 0 Å². The van der Waals surface area contributed by atoms with Crippen LogP contribution in [-0.2, 0) is 9.47 Å². The Kier molecular flexibility index (Phi) is 5.46. The molecular formula is C9H20O3. The lowest BCUT2D eigenvalue weighted by atomic mass is 9.90. The summed E-state index contributed by atoms with van der Waals surface area (Å²) in [4.78, 5) is 0. The Balaban J connectivity index is 3.38. The Morgan fingerprint density at radius 1 is 1.25 bits per heavy atom. The molecule has 0 fully saturated rings. The number of aliphatic hydroxyl groups is 1. The summed E-state index contributed by atoms with van der Waals surface area (Å²) in [6.07, 6.45) is -0.408. The van der Waals surface area contributed by atoms with E-state index < -0.39 is 6.10 Å².